The zero-order valence-electron chi connectivity index (χ0n) is 17.8. The van der Waals surface area contributed by atoms with Gasteiger partial charge in [0.25, 0.3) is 0 Å². The Kier molecular flexibility index (Phi) is 6.23. The minimum Gasteiger partial charge on any atom is -0.458 e. The number of ether oxygens (including phenoxy) is 2. The highest BCUT2D eigenvalue weighted by Crippen LogP contribution is 2.56. The molecular formula is C22H34O5. The number of Topliss-reactive ketones (excluding diaryl/α,β-unsaturated/α-hetero) is 1. The van der Waals surface area contributed by atoms with Crippen molar-refractivity contribution in [2.24, 2.45) is 17.3 Å². The molecule has 0 amide bonds. The number of rotatable bonds is 4. The lowest BCUT2D eigenvalue weighted by Gasteiger charge is -2.56. The molecule has 0 heterocycles. The van der Waals surface area contributed by atoms with Crippen molar-refractivity contribution in [2.75, 3.05) is 0 Å². The van der Waals surface area contributed by atoms with Gasteiger partial charge in [-0.05, 0) is 57.4 Å². The summed E-state index contributed by atoms with van der Waals surface area (Å²) >= 11 is 0. The van der Waals surface area contributed by atoms with E-state index in [1.54, 1.807) is 0 Å². The van der Waals surface area contributed by atoms with Crippen LogP contribution in [0.15, 0.2) is 11.1 Å². The van der Waals surface area contributed by atoms with Gasteiger partial charge in [0.15, 0.2) is 5.78 Å². The third kappa shape index (κ3) is 4.12. The van der Waals surface area contributed by atoms with Crippen LogP contribution >= 0.6 is 0 Å². The van der Waals surface area contributed by atoms with Crippen LogP contribution < -0.4 is 0 Å². The van der Waals surface area contributed by atoms with Crippen molar-refractivity contribution in [3.05, 3.63) is 11.1 Å². The van der Waals surface area contributed by atoms with Crippen molar-refractivity contribution in [3.8, 4) is 0 Å². The van der Waals surface area contributed by atoms with E-state index in [-0.39, 0.29) is 35.0 Å². The molecule has 0 aromatic rings. The average molecular weight is 379 g/mol. The van der Waals surface area contributed by atoms with Crippen LogP contribution in [-0.2, 0) is 23.9 Å². The smallest absolute Gasteiger partial charge is 0.309 e. The molecular weight excluding hydrogens is 344 g/mol. The van der Waals surface area contributed by atoms with Crippen LogP contribution in [0.3, 0.4) is 0 Å². The van der Waals surface area contributed by atoms with Crippen LogP contribution in [0.25, 0.3) is 0 Å². The number of carbonyl (C=O) groups excluding carboxylic acids is 3. The second-order valence-electron chi connectivity index (χ2n) is 9.04. The Labute approximate surface area is 162 Å². The fourth-order valence-electron chi connectivity index (χ4n) is 4.82. The van der Waals surface area contributed by atoms with Crippen molar-refractivity contribution < 1.29 is 23.9 Å². The van der Waals surface area contributed by atoms with E-state index >= 15 is 0 Å². The SMILES string of the molecule is CCC(C)C(=O)OC1CCC2(C)CC(=O)C(=C(C)C)CC2C1(C)OC(C)=O. The minimum absolute atomic E-state index is 0.0695. The number of hydrogen-bond acceptors (Lipinski definition) is 5. The van der Waals surface area contributed by atoms with E-state index in [0.717, 1.165) is 17.6 Å². The van der Waals surface area contributed by atoms with Crippen LogP contribution in [0, 0.1) is 17.3 Å². The van der Waals surface area contributed by atoms with Crippen LogP contribution in [0.2, 0.25) is 0 Å². The van der Waals surface area contributed by atoms with E-state index in [1.165, 1.54) is 6.92 Å². The Hall–Kier alpha value is -1.65. The zero-order valence-corrected chi connectivity index (χ0v) is 17.8. The fraction of sp³-hybridized carbons (Fsp3) is 0.773. The van der Waals surface area contributed by atoms with Gasteiger partial charge in [0.2, 0.25) is 0 Å². The van der Waals surface area contributed by atoms with Crippen LogP contribution in [0.1, 0.15) is 80.6 Å². The van der Waals surface area contributed by atoms with E-state index in [1.807, 2.05) is 34.6 Å². The van der Waals surface area contributed by atoms with Crippen molar-refractivity contribution in [1.29, 1.82) is 0 Å². The molecule has 0 aromatic carbocycles. The van der Waals surface area contributed by atoms with E-state index < -0.39 is 11.7 Å². The average Bonchev–Trinajstić information content (AvgIpc) is 2.55. The Morgan fingerprint density at radius 3 is 2.37 bits per heavy atom. The molecule has 2 fully saturated rings. The summed E-state index contributed by atoms with van der Waals surface area (Å²) in [6.07, 6.45) is 2.57. The molecule has 2 saturated carbocycles. The zero-order chi connectivity index (χ0) is 20.6. The van der Waals surface area contributed by atoms with Gasteiger partial charge < -0.3 is 9.47 Å². The second-order valence-corrected chi connectivity index (χ2v) is 9.04. The van der Waals surface area contributed by atoms with Gasteiger partial charge in [-0.2, -0.15) is 0 Å². The maximum absolute atomic E-state index is 12.7. The largest absolute Gasteiger partial charge is 0.458 e. The summed E-state index contributed by atoms with van der Waals surface area (Å²) < 4.78 is 11.7. The number of allylic oxidation sites excluding steroid dienone is 2. The van der Waals surface area contributed by atoms with Crippen molar-refractivity contribution in [3.63, 3.8) is 0 Å². The highest BCUT2D eigenvalue weighted by atomic mass is 16.6. The summed E-state index contributed by atoms with van der Waals surface area (Å²) in [6.45, 7) is 13.1. The van der Waals surface area contributed by atoms with E-state index in [0.29, 0.717) is 25.7 Å². The van der Waals surface area contributed by atoms with Gasteiger partial charge in [-0.1, -0.05) is 26.3 Å². The number of esters is 2. The molecule has 5 nitrogen and oxygen atoms in total. The summed E-state index contributed by atoms with van der Waals surface area (Å²) in [5, 5.41) is 0. The number of fused-ring (bicyclic) bond motifs is 1. The molecule has 2 rings (SSSR count). The molecule has 0 radical (unpaired) electrons. The first-order valence-electron chi connectivity index (χ1n) is 10.0. The molecule has 2 aliphatic rings. The Morgan fingerprint density at radius 2 is 1.85 bits per heavy atom. The van der Waals surface area contributed by atoms with Crippen molar-refractivity contribution in [1.82, 2.24) is 0 Å². The predicted molar refractivity (Wildman–Crippen MR) is 103 cm³/mol. The van der Waals surface area contributed by atoms with E-state index in [9.17, 15) is 14.4 Å². The summed E-state index contributed by atoms with van der Waals surface area (Å²) in [4.78, 5) is 37.1. The predicted octanol–water partition coefficient (Wildman–Crippen LogP) is 4.38. The first-order chi connectivity index (χ1) is 12.4. The third-order valence-corrected chi connectivity index (χ3v) is 6.70. The molecule has 5 unspecified atom stereocenters. The lowest BCUT2D eigenvalue weighted by molar-refractivity contribution is -0.219. The third-order valence-electron chi connectivity index (χ3n) is 6.70. The topological polar surface area (TPSA) is 69.7 Å². The number of ketones is 1. The molecule has 0 aliphatic heterocycles. The molecule has 152 valence electrons. The van der Waals surface area contributed by atoms with Gasteiger partial charge in [0, 0.05) is 19.3 Å². The van der Waals surface area contributed by atoms with Crippen molar-refractivity contribution in [2.45, 2.75) is 92.3 Å². The normalized spacial score (nSPS) is 34.5. The molecule has 0 saturated heterocycles. The fourth-order valence-corrected chi connectivity index (χ4v) is 4.82. The summed E-state index contributed by atoms with van der Waals surface area (Å²) in [5.41, 5.74) is 0.624. The van der Waals surface area contributed by atoms with Gasteiger partial charge in [-0.25, -0.2) is 0 Å². The molecule has 2 aliphatic carbocycles. The standard InChI is InChI=1S/C22H34O5/c1-8-14(4)20(25)26-19-9-10-21(6)12-17(24)16(13(2)3)11-18(21)22(19,7)27-15(5)23/h14,18-19H,8-12H2,1-7H3. The maximum Gasteiger partial charge on any atom is 0.309 e. The maximum atomic E-state index is 12.7. The number of hydrogen-bond donors (Lipinski definition) is 0. The molecule has 5 heteroatoms. The molecule has 0 N–H and O–H groups in total. The Balaban J connectivity index is 2.43. The molecule has 5 atom stereocenters. The first kappa shape index (κ1) is 21.6. The highest BCUT2D eigenvalue weighted by molar-refractivity contribution is 5.97. The van der Waals surface area contributed by atoms with Crippen LogP contribution in [0.4, 0.5) is 0 Å². The summed E-state index contributed by atoms with van der Waals surface area (Å²) in [6, 6.07) is 0. The molecule has 0 aromatic heterocycles. The van der Waals surface area contributed by atoms with Crippen LogP contribution in [0.5, 0.6) is 0 Å². The lowest BCUT2D eigenvalue weighted by atomic mass is 9.53. The van der Waals surface area contributed by atoms with Gasteiger partial charge in [0.1, 0.15) is 11.7 Å². The van der Waals surface area contributed by atoms with E-state index in [2.05, 4.69) is 6.92 Å². The Morgan fingerprint density at radius 1 is 1.22 bits per heavy atom. The quantitative estimate of drug-likeness (QED) is 0.536. The number of carbonyl (C=O) groups is 3. The summed E-state index contributed by atoms with van der Waals surface area (Å²) in [7, 11) is 0. The van der Waals surface area contributed by atoms with Gasteiger partial charge in [-0.15, -0.1) is 0 Å². The summed E-state index contributed by atoms with van der Waals surface area (Å²) in [5.74, 6) is -0.712. The first-order valence-corrected chi connectivity index (χ1v) is 10.0. The Bertz CT molecular complexity index is 660. The monoisotopic (exact) mass is 378 g/mol. The van der Waals surface area contributed by atoms with Gasteiger partial charge in [0.05, 0.1) is 5.92 Å². The van der Waals surface area contributed by atoms with Crippen molar-refractivity contribution >= 4 is 17.7 Å². The van der Waals surface area contributed by atoms with Gasteiger partial charge >= 0.3 is 11.9 Å². The molecule has 0 spiro atoms. The molecule has 27 heavy (non-hydrogen) atoms. The highest BCUT2D eigenvalue weighted by Gasteiger charge is 2.60. The molecule has 0 bridgehead atoms. The second kappa shape index (κ2) is 7.76. The van der Waals surface area contributed by atoms with Gasteiger partial charge in [-0.3, -0.25) is 14.4 Å². The lowest BCUT2D eigenvalue weighted by Crippen LogP contribution is -2.61. The van der Waals surface area contributed by atoms with E-state index in [4.69, 9.17) is 9.47 Å². The van der Waals surface area contributed by atoms with Crippen LogP contribution in [-0.4, -0.2) is 29.4 Å². The minimum atomic E-state index is -0.941.